The van der Waals surface area contributed by atoms with E-state index < -0.39 is 6.04 Å². The highest BCUT2D eigenvalue weighted by atomic mass is 16.5. The minimum Gasteiger partial charge on any atom is -0.493 e. The third kappa shape index (κ3) is 4.36. The van der Waals surface area contributed by atoms with Crippen molar-refractivity contribution >= 4 is 17.7 Å². The Morgan fingerprint density at radius 3 is 2.64 bits per heavy atom. The monoisotopic (exact) mass is 390 g/mol. The standard InChI is InChI=1S/C19H26N4O5/c1-27-15-5-3-4-13(18(15)28-2)11-22-8-7-21-19(26)14(22)10-17(25)23-9-6-20-16(24)12-23/h3-5,14H,6-12H2,1-2H3,(H,20,24)(H,21,26). The fourth-order valence-corrected chi connectivity index (χ4v) is 3.62. The molecule has 3 rings (SSSR count). The first-order valence-electron chi connectivity index (χ1n) is 9.29. The smallest absolute Gasteiger partial charge is 0.239 e. The molecule has 0 aliphatic carbocycles. The maximum absolute atomic E-state index is 12.7. The fraction of sp³-hybridized carbons (Fsp3) is 0.526. The van der Waals surface area contributed by atoms with Crippen LogP contribution in [0.3, 0.4) is 0 Å². The predicted molar refractivity (Wildman–Crippen MR) is 101 cm³/mol. The van der Waals surface area contributed by atoms with Crippen LogP contribution >= 0.6 is 0 Å². The van der Waals surface area contributed by atoms with Crippen LogP contribution in [0.2, 0.25) is 0 Å². The Morgan fingerprint density at radius 2 is 1.93 bits per heavy atom. The van der Waals surface area contributed by atoms with E-state index in [0.29, 0.717) is 44.2 Å². The van der Waals surface area contributed by atoms with Crippen LogP contribution in [0.15, 0.2) is 18.2 Å². The molecule has 2 saturated heterocycles. The minimum atomic E-state index is -0.595. The molecule has 1 unspecified atom stereocenters. The zero-order valence-corrected chi connectivity index (χ0v) is 16.2. The summed E-state index contributed by atoms with van der Waals surface area (Å²) in [5.74, 6) is 0.690. The van der Waals surface area contributed by atoms with Gasteiger partial charge in [-0.1, -0.05) is 12.1 Å². The Labute approximate surface area is 163 Å². The quantitative estimate of drug-likeness (QED) is 0.670. The molecule has 152 valence electrons. The molecule has 28 heavy (non-hydrogen) atoms. The number of benzene rings is 1. The van der Waals surface area contributed by atoms with E-state index in [9.17, 15) is 14.4 Å². The van der Waals surface area contributed by atoms with Crippen molar-refractivity contribution in [2.75, 3.05) is 46.9 Å². The van der Waals surface area contributed by atoms with Gasteiger partial charge in [-0.2, -0.15) is 0 Å². The maximum Gasteiger partial charge on any atom is 0.239 e. The van der Waals surface area contributed by atoms with E-state index >= 15 is 0 Å². The SMILES string of the molecule is COc1cccc(CN2CCNC(=O)C2CC(=O)N2CCNC(=O)C2)c1OC. The summed E-state index contributed by atoms with van der Waals surface area (Å²) in [7, 11) is 3.15. The van der Waals surface area contributed by atoms with Gasteiger partial charge in [-0.05, 0) is 6.07 Å². The zero-order chi connectivity index (χ0) is 20.1. The van der Waals surface area contributed by atoms with E-state index in [4.69, 9.17) is 9.47 Å². The maximum atomic E-state index is 12.7. The molecule has 3 amide bonds. The lowest BCUT2D eigenvalue weighted by atomic mass is 10.1. The lowest BCUT2D eigenvalue weighted by Gasteiger charge is -2.36. The van der Waals surface area contributed by atoms with Crippen molar-refractivity contribution in [2.24, 2.45) is 0 Å². The molecule has 1 atom stereocenters. The molecule has 9 nitrogen and oxygen atoms in total. The van der Waals surface area contributed by atoms with Crippen LogP contribution in [0.1, 0.15) is 12.0 Å². The Bertz CT molecular complexity index is 754. The van der Waals surface area contributed by atoms with Gasteiger partial charge in [-0.15, -0.1) is 0 Å². The molecule has 0 saturated carbocycles. The molecule has 0 aromatic heterocycles. The molecule has 2 fully saturated rings. The summed E-state index contributed by atoms with van der Waals surface area (Å²) in [4.78, 5) is 40.2. The van der Waals surface area contributed by atoms with Gasteiger partial charge in [-0.25, -0.2) is 0 Å². The van der Waals surface area contributed by atoms with E-state index in [2.05, 4.69) is 10.6 Å². The molecule has 2 aliphatic rings. The van der Waals surface area contributed by atoms with Crippen molar-refractivity contribution in [1.82, 2.24) is 20.4 Å². The number of hydrogen-bond acceptors (Lipinski definition) is 6. The van der Waals surface area contributed by atoms with Crippen LogP contribution in [0.4, 0.5) is 0 Å². The summed E-state index contributed by atoms with van der Waals surface area (Å²) in [5, 5.41) is 5.53. The average molecular weight is 390 g/mol. The molecule has 1 aromatic carbocycles. The number of rotatable bonds is 6. The largest absolute Gasteiger partial charge is 0.493 e. The lowest BCUT2D eigenvalue weighted by Crippen LogP contribution is -2.57. The topological polar surface area (TPSA) is 100 Å². The molecule has 2 N–H and O–H groups in total. The van der Waals surface area contributed by atoms with Crippen LogP contribution in [-0.2, 0) is 20.9 Å². The van der Waals surface area contributed by atoms with Crippen molar-refractivity contribution in [3.05, 3.63) is 23.8 Å². The number of piperazine rings is 2. The van der Waals surface area contributed by atoms with E-state index in [1.807, 2.05) is 23.1 Å². The molecule has 2 aliphatic heterocycles. The first kappa shape index (κ1) is 19.9. The normalized spacial score (nSPS) is 20.4. The summed E-state index contributed by atoms with van der Waals surface area (Å²) in [6.07, 6.45) is 0.0331. The number of carbonyl (C=O) groups excluding carboxylic acids is 3. The number of hydrogen-bond donors (Lipinski definition) is 2. The summed E-state index contributed by atoms with van der Waals surface area (Å²) in [6, 6.07) is 5.00. The van der Waals surface area contributed by atoms with Crippen molar-refractivity contribution in [2.45, 2.75) is 19.0 Å². The number of amides is 3. The van der Waals surface area contributed by atoms with Crippen molar-refractivity contribution in [3.8, 4) is 11.5 Å². The van der Waals surface area contributed by atoms with Gasteiger partial charge in [0.15, 0.2) is 11.5 Å². The molecular weight excluding hydrogens is 364 g/mol. The summed E-state index contributed by atoms with van der Waals surface area (Å²) < 4.78 is 10.8. The summed E-state index contributed by atoms with van der Waals surface area (Å²) >= 11 is 0. The molecule has 9 heteroatoms. The number of nitrogens with zero attached hydrogens (tertiary/aromatic N) is 2. The Kier molecular flexibility index (Phi) is 6.35. The van der Waals surface area contributed by atoms with Gasteiger partial charge >= 0.3 is 0 Å². The first-order chi connectivity index (χ1) is 13.5. The summed E-state index contributed by atoms with van der Waals surface area (Å²) in [5.41, 5.74) is 0.881. The first-order valence-corrected chi connectivity index (χ1v) is 9.29. The highest BCUT2D eigenvalue weighted by molar-refractivity contribution is 5.91. The number of nitrogens with one attached hydrogen (secondary N) is 2. The van der Waals surface area contributed by atoms with Crippen LogP contribution in [0.25, 0.3) is 0 Å². The van der Waals surface area contributed by atoms with Crippen molar-refractivity contribution < 1.29 is 23.9 Å². The number of methoxy groups -OCH3 is 2. The third-order valence-electron chi connectivity index (χ3n) is 5.06. The minimum absolute atomic E-state index is 0.0331. The molecule has 0 radical (unpaired) electrons. The highest BCUT2D eigenvalue weighted by Crippen LogP contribution is 2.32. The third-order valence-corrected chi connectivity index (χ3v) is 5.06. The van der Waals surface area contributed by atoms with E-state index in [-0.39, 0.29) is 30.7 Å². The fourth-order valence-electron chi connectivity index (χ4n) is 3.62. The van der Waals surface area contributed by atoms with Gasteiger partial charge in [0.25, 0.3) is 0 Å². The number of para-hydroxylation sites is 1. The predicted octanol–water partition coefficient (Wildman–Crippen LogP) is -0.647. The number of carbonyl (C=O) groups is 3. The van der Waals surface area contributed by atoms with Gasteiger partial charge in [0.05, 0.1) is 33.2 Å². The average Bonchev–Trinajstić information content (AvgIpc) is 2.70. The van der Waals surface area contributed by atoms with Crippen LogP contribution in [0.5, 0.6) is 11.5 Å². The molecule has 2 heterocycles. The lowest BCUT2D eigenvalue weighted by molar-refractivity contribution is -0.142. The van der Waals surface area contributed by atoms with E-state index in [1.165, 1.54) is 4.90 Å². The van der Waals surface area contributed by atoms with Gasteiger partial charge in [0.1, 0.15) is 0 Å². The molecule has 1 aromatic rings. The zero-order valence-electron chi connectivity index (χ0n) is 16.2. The van der Waals surface area contributed by atoms with Crippen LogP contribution in [0, 0.1) is 0 Å². The molecular formula is C19H26N4O5. The van der Waals surface area contributed by atoms with Gasteiger partial charge < -0.3 is 25.0 Å². The number of ether oxygens (including phenoxy) is 2. The van der Waals surface area contributed by atoms with Crippen molar-refractivity contribution in [3.63, 3.8) is 0 Å². The van der Waals surface area contributed by atoms with Crippen LogP contribution in [-0.4, -0.2) is 80.5 Å². The molecule has 0 bridgehead atoms. The molecule has 0 spiro atoms. The second-order valence-corrected chi connectivity index (χ2v) is 6.80. The Hall–Kier alpha value is -2.81. The Balaban J connectivity index is 1.75. The van der Waals surface area contributed by atoms with Crippen molar-refractivity contribution in [1.29, 1.82) is 0 Å². The van der Waals surface area contributed by atoms with Crippen LogP contribution < -0.4 is 20.1 Å². The second-order valence-electron chi connectivity index (χ2n) is 6.80. The van der Waals surface area contributed by atoms with E-state index in [0.717, 1.165) is 5.56 Å². The summed E-state index contributed by atoms with van der Waals surface area (Å²) in [6.45, 7) is 2.52. The van der Waals surface area contributed by atoms with Gasteiger partial charge in [0, 0.05) is 38.3 Å². The van der Waals surface area contributed by atoms with Gasteiger partial charge in [-0.3, -0.25) is 19.3 Å². The Morgan fingerprint density at radius 1 is 1.14 bits per heavy atom. The van der Waals surface area contributed by atoms with Gasteiger partial charge in [0.2, 0.25) is 17.7 Å². The van der Waals surface area contributed by atoms with E-state index in [1.54, 1.807) is 14.2 Å². The second kappa shape index (κ2) is 8.92. The highest BCUT2D eigenvalue weighted by Gasteiger charge is 2.34.